The lowest BCUT2D eigenvalue weighted by atomic mass is 10.00. The number of nitrogens with zero attached hydrogens (tertiary/aromatic N) is 1. The molecule has 0 saturated heterocycles. The first kappa shape index (κ1) is 10.0. The summed E-state index contributed by atoms with van der Waals surface area (Å²) >= 11 is 0. The lowest BCUT2D eigenvalue weighted by Gasteiger charge is -2.27. The van der Waals surface area contributed by atoms with Crippen LogP contribution in [0.3, 0.4) is 0 Å². The molecule has 0 aliphatic carbocycles. The maximum atomic E-state index is 2.30. The zero-order valence-corrected chi connectivity index (χ0v) is 9.40. The van der Waals surface area contributed by atoms with Crippen LogP contribution < -0.4 is 0 Å². The molecule has 0 spiro atoms. The summed E-state index contributed by atoms with van der Waals surface area (Å²) in [5, 5.41) is 0. The number of fused-ring (bicyclic) bond motifs is 1. The van der Waals surface area contributed by atoms with Crippen LogP contribution in [-0.2, 0) is 0 Å². The van der Waals surface area contributed by atoms with Gasteiger partial charge in [0.25, 0.3) is 0 Å². The zero-order valence-electron chi connectivity index (χ0n) is 9.40. The molecule has 1 aliphatic heterocycles. The van der Waals surface area contributed by atoms with Gasteiger partial charge in [-0.1, -0.05) is 37.3 Å². The van der Waals surface area contributed by atoms with Crippen molar-refractivity contribution in [2.75, 3.05) is 6.54 Å². The fraction of sp³-hybridized carbons (Fsp3) is 0.286. The molecule has 0 radical (unpaired) electrons. The van der Waals surface area contributed by atoms with E-state index in [1.807, 2.05) is 0 Å². The van der Waals surface area contributed by atoms with Crippen LogP contribution in [-0.4, -0.2) is 11.4 Å². The molecule has 1 nitrogen and oxygen atoms in total. The minimum atomic E-state index is 1.02. The van der Waals surface area contributed by atoms with Gasteiger partial charge in [0.1, 0.15) is 0 Å². The Labute approximate surface area is 91.7 Å². The predicted molar refractivity (Wildman–Crippen MR) is 66.1 cm³/mol. The van der Waals surface area contributed by atoms with E-state index in [0.717, 1.165) is 13.0 Å². The highest BCUT2D eigenvalue weighted by Gasteiger charge is 2.13. The number of hydrogen-bond acceptors (Lipinski definition) is 1. The summed E-state index contributed by atoms with van der Waals surface area (Å²) in [7, 11) is 0. The molecule has 1 aromatic rings. The van der Waals surface area contributed by atoms with E-state index in [4.69, 9.17) is 0 Å². The maximum absolute atomic E-state index is 2.30. The molecule has 0 atom stereocenters. The van der Waals surface area contributed by atoms with Crippen LogP contribution in [0.1, 0.15) is 31.4 Å². The lowest BCUT2D eigenvalue weighted by Crippen LogP contribution is -2.18. The summed E-state index contributed by atoms with van der Waals surface area (Å²) in [6.07, 6.45) is 7.73. The van der Waals surface area contributed by atoms with E-state index in [9.17, 15) is 0 Å². The Morgan fingerprint density at radius 3 is 2.73 bits per heavy atom. The Hall–Kier alpha value is -1.50. The van der Waals surface area contributed by atoms with E-state index < -0.39 is 0 Å². The molecule has 0 N–H and O–H groups in total. The lowest BCUT2D eigenvalue weighted by molar-refractivity contribution is 0.560. The largest absolute Gasteiger partial charge is 0.348 e. The summed E-state index contributed by atoms with van der Waals surface area (Å²) in [6.45, 7) is 5.39. The quantitative estimate of drug-likeness (QED) is 0.701. The fourth-order valence-corrected chi connectivity index (χ4v) is 1.98. The van der Waals surface area contributed by atoms with E-state index in [1.54, 1.807) is 0 Å². The van der Waals surface area contributed by atoms with Crippen molar-refractivity contribution in [1.82, 2.24) is 4.90 Å². The minimum Gasteiger partial charge on any atom is -0.348 e. The van der Waals surface area contributed by atoms with Gasteiger partial charge in [0.15, 0.2) is 0 Å². The Balaban J connectivity index is 2.50. The van der Waals surface area contributed by atoms with Crippen molar-refractivity contribution < 1.29 is 0 Å². The van der Waals surface area contributed by atoms with E-state index in [-0.39, 0.29) is 0 Å². The molecule has 1 heteroatoms. The van der Waals surface area contributed by atoms with Gasteiger partial charge < -0.3 is 4.90 Å². The van der Waals surface area contributed by atoms with Crippen LogP contribution in [0.4, 0.5) is 0 Å². The van der Waals surface area contributed by atoms with E-state index in [1.165, 1.54) is 16.8 Å². The van der Waals surface area contributed by atoms with Crippen LogP contribution in [0.5, 0.6) is 0 Å². The normalized spacial score (nSPS) is 16.9. The van der Waals surface area contributed by atoms with Crippen molar-refractivity contribution in [2.24, 2.45) is 0 Å². The predicted octanol–water partition coefficient (Wildman–Crippen LogP) is 3.74. The highest BCUT2D eigenvalue weighted by atomic mass is 15.1. The topological polar surface area (TPSA) is 3.24 Å². The van der Waals surface area contributed by atoms with Gasteiger partial charge >= 0.3 is 0 Å². The molecule has 1 aliphatic rings. The monoisotopic (exact) mass is 199 g/mol. The Kier molecular flexibility index (Phi) is 2.91. The molecule has 1 heterocycles. The van der Waals surface area contributed by atoms with E-state index >= 15 is 0 Å². The van der Waals surface area contributed by atoms with Crippen molar-refractivity contribution in [1.29, 1.82) is 0 Å². The van der Waals surface area contributed by atoms with Gasteiger partial charge in [-0.2, -0.15) is 0 Å². The second-order valence-corrected chi connectivity index (χ2v) is 3.69. The first-order valence-electron chi connectivity index (χ1n) is 5.61. The molecule has 0 aromatic heterocycles. The fourth-order valence-electron chi connectivity index (χ4n) is 1.98. The molecule has 78 valence electrons. The number of rotatable bonds is 2. The van der Waals surface area contributed by atoms with Crippen molar-refractivity contribution in [3.63, 3.8) is 0 Å². The summed E-state index contributed by atoms with van der Waals surface area (Å²) in [4.78, 5) is 2.30. The summed E-state index contributed by atoms with van der Waals surface area (Å²) in [6, 6.07) is 8.56. The van der Waals surface area contributed by atoms with Gasteiger partial charge in [0.2, 0.25) is 0 Å². The Morgan fingerprint density at radius 2 is 2.00 bits per heavy atom. The Bertz CT molecular complexity index is 402. The second-order valence-electron chi connectivity index (χ2n) is 3.69. The summed E-state index contributed by atoms with van der Waals surface area (Å²) < 4.78 is 0. The van der Waals surface area contributed by atoms with Crippen LogP contribution in [0.25, 0.3) is 11.8 Å². The van der Waals surface area contributed by atoms with Gasteiger partial charge in [0.05, 0.1) is 0 Å². The molecule has 1 aromatic carbocycles. The molecule has 2 rings (SSSR count). The Morgan fingerprint density at radius 1 is 1.20 bits per heavy atom. The van der Waals surface area contributed by atoms with Gasteiger partial charge in [-0.3, -0.25) is 0 Å². The van der Waals surface area contributed by atoms with Crippen molar-refractivity contribution in [3.05, 3.63) is 47.7 Å². The van der Waals surface area contributed by atoms with Crippen LogP contribution in [0.15, 0.2) is 36.5 Å². The maximum Gasteiger partial charge on any atom is 0.0445 e. The van der Waals surface area contributed by atoms with Crippen LogP contribution >= 0.6 is 0 Å². The number of allylic oxidation sites excluding steroid dienone is 1. The third kappa shape index (κ3) is 1.82. The van der Waals surface area contributed by atoms with Gasteiger partial charge in [0, 0.05) is 24.0 Å². The van der Waals surface area contributed by atoms with E-state index in [0.29, 0.717) is 0 Å². The van der Waals surface area contributed by atoms with Crippen molar-refractivity contribution in [3.8, 4) is 0 Å². The van der Waals surface area contributed by atoms with Gasteiger partial charge in [-0.25, -0.2) is 0 Å². The molecular formula is C14H17N. The summed E-state index contributed by atoms with van der Waals surface area (Å²) in [5.74, 6) is 0. The molecule has 15 heavy (non-hydrogen) atoms. The van der Waals surface area contributed by atoms with Crippen LogP contribution in [0.2, 0.25) is 0 Å². The molecule has 0 amide bonds. The highest BCUT2D eigenvalue weighted by Crippen LogP contribution is 2.29. The summed E-state index contributed by atoms with van der Waals surface area (Å²) in [5.41, 5.74) is 4.02. The third-order valence-corrected chi connectivity index (χ3v) is 2.72. The minimum absolute atomic E-state index is 1.02. The molecule has 0 bridgehead atoms. The van der Waals surface area contributed by atoms with Crippen LogP contribution in [0, 0.1) is 0 Å². The second kappa shape index (κ2) is 4.35. The van der Waals surface area contributed by atoms with E-state index in [2.05, 4.69) is 61.4 Å². The molecule has 0 fully saturated rings. The van der Waals surface area contributed by atoms with Gasteiger partial charge in [-0.15, -0.1) is 0 Å². The third-order valence-electron chi connectivity index (χ3n) is 2.72. The molecule has 0 unspecified atom stereocenters. The number of hydrogen-bond donors (Lipinski definition) is 0. The average Bonchev–Trinajstić information content (AvgIpc) is 2.30. The zero-order chi connectivity index (χ0) is 10.7. The highest BCUT2D eigenvalue weighted by molar-refractivity contribution is 5.77. The van der Waals surface area contributed by atoms with Crippen molar-refractivity contribution >= 4 is 11.8 Å². The smallest absolute Gasteiger partial charge is 0.0445 e. The molecular weight excluding hydrogens is 182 g/mol. The average molecular weight is 199 g/mol. The standard InChI is InChI=1S/C14H17N/c1-3-7-14-13-9-6-5-8-12(13)10-11-15(14)4-2/h5-11H,3-4H2,1-2H3/b14-7-. The van der Waals surface area contributed by atoms with Crippen molar-refractivity contribution in [2.45, 2.75) is 20.3 Å². The number of benzene rings is 1. The molecule has 0 saturated carbocycles. The van der Waals surface area contributed by atoms with Gasteiger partial charge in [-0.05, 0) is 25.0 Å². The first-order chi connectivity index (χ1) is 7.36. The first-order valence-corrected chi connectivity index (χ1v) is 5.61. The SMILES string of the molecule is CC/C=C1/c2ccccc2C=CN1CC.